The fraction of sp³-hybridized carbons (Fsp3) is 0.889. The van der Waals surface area contributed by atoms with Crippen molar-refractivity contribution in [3.05, 3.63) is 0 Å². The standard InChI is InChI=1S/C9H18N3Si/c1-13(2)12-8-4-7-11-6-3-5-10-9(11)12/h3-8H2,1-2H3. The summed E-state index contributed by atoms with van der Waals surface area (Å²) in [7, 11) is -0.343. The molecule has 0 aliphatic carbocycles. The van der Waals surface area contributed by atoms with Crippen molar-refractivity contribution in [1.82, 2.24) is 9.47 Å². The lowest BCUT2D eigenvalue weighted by molar-refractivity contribution is 0.300. The molecule has 0 spiro atoms. The van der Waals surface area contributed by atoms with Crippen LogP contribution in [0.4, 0.5) is 0 Å². The van der Waals surface area contributed by atoms with Gasteiger partial charge < -0.3 is 9.47 Å². The average molecular weight is 196 g/mol. The van der Waals surface area contributed by atoms with Crippen molar-refractivity contribution < 1.29 is 0 Å². The maximum atomic E-state index is 4.65. The van der Waals surface area contributed by atoms with Crippen molar-refractivity contribution in [2.45, 2.75) is 25.9 Å². The molecule has 2 aliphatic rings. The SMILES string of the molecule is C[Si](C)N1CCCN2CCCN=C21. The Hall–Kier alpha value is -0.513. The van der Waals surface area contributed by atoms with Crippen LogP contribution in [0.5, 0.6) is 0 Å². The number of guanidine groups is 1. The fourth-order valence-electron chi connectivity index (χ4n) is 2.05. The first kappa shape index (κ1) is 9.06. The van der Waals surface area contributed by atoms with Crippen molar-refractivity contribution in [1.29, 1.82) is 0 Å². The number of nitrogens with zero attached hydrogens (tertiary/aromatic N) is 3. The van der Waals surface area contributed by atoms with Gasteiger partial charge in [0.15, 0.2) is 14.9 Å². The number of hydrogen-bond acceptors (Lipinski definition) is 3. The summed E-state index contributed by atoms with van der Waals surface area (Å²) in [5.41, 5.74) is 0. The summed E-state index contributed by atoms with van der Waals surface area (Å²) in [4.78, 5) is 7.11. The molecular formula is C9H18N3Si. The highest BCUT2D eigenvalue weighted by Gasteiger charge is 2.27. The van der Waals surface area contributed by atoms with Gasteiger partial charge in [-0.15, -0.1) is 0 Å². The Balaban J connectivity index is 2.15. The predicted molar refractivity (Wildman–Crippen MR) is 57.3 cm³/mol. The van der Waals surface area contributed by atoms with Crippen LogP contribution in [0.1, 0.15) is 12.8 Å². The zero-order chi connectivity index (χ0) is 9.26. The van der Waals surface area contributed by atoms with Gasteiger partial charge in [0, 0.05) is 26.2 Å². The Morgan fingerprint density at radius 1 is 1.15 bits per heavy atom. The highest BCUT2D eigenvalue weighted by molar-refractivity contribution is 6.55. The van der Waals surface area contributed by atoms with Crippen LogP contribution in [0.3, 0.4) is 0 Å². The molecule has 3 nitrogen and oxygen atoms in total. The molecule has 4 heteroatoms. The number of rotatable bonds is 1. The molecule has 2 rings (SSSR count). The van der Waals surface area contributed by atoms with E-state index >= 15 is 0 Å². The summed E-state index contributed by atoms with van der Waals surface area (Å²) in [6.07, 6.45) is 2.56. The zero-order valence-corrected chi connectivity index (χ0v) is 9.58. The molecule has 0 saturated carbocycles. The molecule has 2 heterocycles. The second-order valence-corrected chi connectivity index (χ2v) is 6.41. The van der Waals surface area contributed by atoms with Gasteiger partial charge in [-0.3, -0.25) is 4.99 Å². The molecular weight excluding hydrogens is 178 g/mol. The van der Waals surface area contributed by atoms with Gasteiger partial charge >= 0.3 is 0 Å². The quantitative estimate of drug-likeness (QED) is 0.583. The molecule has 0 N–H and O–H groups in total. The van der Waals surface area contributed by atoms with Crippen LogP contribution in [-0.4, -0.2) is 50.6 Å². The van der Waals surface area contributed by atoms with Gasteiger partial charge in [0.05, 0.1) is 0 Å². The molecule has 0 bridgehead atoms. The second-order valence-electron chi connectivity index (χ2n) is 3.97. The summed E-state index contributed by atoms with van der Waals surface area (Å²) in [6.45, 7) is 9.43. The van der Waals surface area contributed by atoms with E-state index in [1.807, 2.05) is 0 Å². The van der Waals surface area contributed by atoms with Crippen LogP contribution < -0.4 is 0 Å². The molecule has 1 saturated heterocycles. The van der Waals surface area contributed by atoms with Crippen molar-refractivity contribution in [2.24, 2.45) is 4.99 Å². The van der Waals surface area contributed by atoms with Crippen LogP contribution >= 0.6 is 0 Å². The van der Waals surface area contributed by atoms with Crippen molar-refractivity contribution in [2.75, 3.05) is 26.2 Å². The van der Waals surface area contributed by atoms with Crippen LogP contribution in [-0.2, 0) is 0 Å². The Kier molecular flexibility index (Phi) is 2.58. The summed E-state index contributed by atoms with van der Waals surface area (Å²) in [6, 6.07) is 0. The number of fused-ring (bicyclic) bond motifs is 1. The van der Waals surface area contributed by atoms with E-state index in [0.717, 1.165) is 6.54 Å². The third-order valence-electron chi connectivity index (χ3n) is 2.71. The lowest BCUT2D eigenvalue weighted by Gasteiger charge is -2.42. The van der Waals surface area contributed by atoms with Crippen LogP contribution in [0.2, 0.25) is 13.1 Å². The van der Waals surface area contributed by atoms with E-state index in [1.165, 1.54) is 38.4 Å². The Morgan fingerprint density at radius 2 is 1.92 bits per heavy atom. The second kappa shape index (κ2) is 3.70. The third-order valence-corrected chi connectivity index (χ3v) is 4.22. The van der Waals surface area contributed by atoms with Gasteiger partial charge in [-0.1, -0.05) is 13.1 Å². The van der Waals surface area contributed by atoms with Gasteiger partial charge in [-0.05, 0) is 12.8 Å². The maximum absolute atomic E-state index is 4.65. The lowest BCUT2D eigenvalue weighted by atomic mass is 10.2. The summed E-state index contributed by atoms with van der Waals surface area (Å²) in [5, 5.41) is 0. The monoisotopic (exact) mass is 196 g/mol. The Morgan fingerprint density at radius 3 is 2.69 bits per heavy atom. The average Bonchev–Trinajstić information content (AvgIpc) is 2.17. The molecule has 0 aromatic heterocycles. The molecule has 1 fully saturated rings. The van der Waals surface area contributed by atoms with Gasteiger partial charge in [-0.25, -0.2) is 0 Å². The number of aliphatic imine (C=N–C) groups is 1. The first-order chi connectivity index (χ1) is 6.29. The van der Waals surface area contributed by atoms with Crippen LogP contribution in [0, 0.1) is 0 Å². The van der Waals surface area contributed by atoms with Crippen molar-refractivity contribution in [3.63, 3.8) is 0 Å². The topological polar surface area (TPSA) is 18.8 Å². The third kappa shape index (κ3) is 1.72. The van der Waals surface area contributed by atoms with Crippen molar-refractivity contribution in [3.8, 4) is 0 Å². The predicted octanol–water partition coefficient (Wildman–Crippen LogP) is 1.00. The van der Waals surface area contributed by atoms with E-state index in [2.05, 4.69) is 27.6 Å². The van der Waals surface area contributed by atoms with E-state index in [0.29, 0.717) is 0 Å². The van der Waals surface area contributed by atoms with Gasteiger partial charge in [0.2, 0.25) is 0 Å². The minimum Gasteiger partial charge on any atom is -0.370 e. The van der Waals surface area contributed by atoms with Gasteiger partial charge in [0.25, 0.3) is 0 Å². The minimum atomic E-state index is -0.343. The summed E-state index contributed by atoms with van der Waals surface area (Å²) < 4.78 is 2.54. The van der Waals surface area contributed by atoms with Crippen LogP contribution in [0.25, 0.3) is 0 Å². The van der Waals surface area contributed by atoms with Crippen LogP contribution in [0.15, 0.2) is 4.99 Å². The smallest absolute Gasteiger partial charge is 0.188 e. The molecule has 1 radical (unpaired) electrons. The largest absolute Gasteiger partial charge is 0.370 e. The molecule has 0 aromatic carbocycles. The Labute approximate surface area is 82.1 Å². The van der Waals surface area contributed by atoms with E-state index < -0.39 is 0 Å². The van der Waals surface area contributed by atoms with E-state index in [-0.39, 0.29) is 8.96 Å². The first-order valence-electron chi connectivity index (χ1n) is 5.16. The maximum Gasteiger partial charge on any atom is 0.188 e. The highest BCUT2D eigenvalue weighted by Crippen LogP contribution is 2.14. The summed E-state index contributed by atoms with van der Waals surface area (Å²) in [5.74, 6) is 1.30. The molecule has 73 valence electrons. The lowest BCUT2D eigenvalue weighted by Crippen LogP contribution is -2.55. The first-order valence-corrected chi connectivity index (χ1v) is 7.61. The number of hydrogen-bond donors (Lipinski definition) is 0. The molecule has 0 amide bonds. The fourth-order valence-corrected chi connectivity index (χ4v) is 3.27. The zero-order valence-electron chi connectivity index (χ0n) is 8.58. The van der Waals surface area contributed by atoms with Crippen molar-refractivity contribution >= 4 is 14.9 Å². The van der Waals surface area contributed by atoms with Gasteiger partial charge in [-0.2, -0.15) is 0 Å². The highest BCUT2D eigenvalue weighted by atomic mass is 28.3. The minimum absolute atomic E-state index is 0.343. The van der Waals surface area contributed by atoms with E-state index in [4.69, 9.17) is 0 Å². The molecule has 0 unspecified atom stereocenters. The van der Waals surface area contributed by atoms with E-state index in [1.54, 1.807) is 0 Å². The molecule has 2 aliphatic heterocycles. The Bertz CT molecular complexity index is 215. The molecule has 0 atom stereocenters. The molecule has 0 aromatic rings. The van der Waals surface area contributed by atoms with E-state index in [9.17, 15) is 0 Å². The summed E-state index contributed by atoms with van der Waals surface area (Å²) >= 11 is 0. The normalized spacial score (nSPS) is 23.2. The molecule has 13 heavy (non-hydrogen) atoms. The van der Waals surface area contributed by atoms with Gasteiger partial charge in [0.1, 0.15) is 0 Å².